The molecule has 1 aromatic heterocycles. The summed E-state index contributed by atoms with van der Waals surface area (Å²) in [5.74, 6) is 1.01. The summed E-state index contributed by atoms with van der Waals surface area (Å²) in [6.45, 7) is 8.37. The molecule has 0 fully saturated rings. The SMILES string of the molecule is CCCCOCCOc1ccc(-c2ccc(C(F)(F)F)c(/C=C/C(=S)Nc3ccc([S@](=O)Cc4c(C)ncn4CC)cc3)c2)cc1. The Kier molecular flexibility index (Phi) is 12.7. The van der Waals surface area contributed by atoms with Crippen LogP contribution in [0.1, 0.15) is 49.2 Å². The van der Waals surface area contributed by atoms with Crippen molar-refractivity contribution >= 4 is 39.8 Å². The number of anilines is 1. The van der Waals surface area contributed by atoms with Gasteiger partial charge in [-0.25, -0.2) is 4.98 Å². The number of alkyl halides is 3. The number of hydrogen-bond donors (Lipinski definition) is 1. The summed E-state index contributed by atoms with van der Waals surface area (Å²) in [7, 11) is -1.27. The molecule has 0 saturated heterocycles. The first-order valence-corrected chi connectivity index (χ1v) is 16.8. The molecule has 0 bridgehead atoms. The minimum absolute atomic E-state index is 0.00828. The first-order chi connectivity index (χ1) is 22.1. The maximum Gasteiger partial charge on any atom is 0.416 e. The van der Waals surface area contributed by atoms with Gasteiger partial charge in [-0.05, 0) is 91.6 Å². The summed E-state index contributed by atoms with van der Waals surface area (Å²) in [6, 6.07) is 18.2. The number of unbranched alkanes of at least 4 members (excludes halogenated alkanes) is 1. The predicted molar refractivity (Wildman–Crippen MR) is 183 cm³/mol. The van der Waals surface area contributed by atoms with Crippen LogP contribution >= 0.6 is 12.2 Å². The van der Waals surface area contributed by atoms with E-state index in [1.54, 1.807) is 42.7 Å². The first-order valence-electron chi connectivity index (χ1n) is 15.1. The molecule has 0 aliphatic heterocycles. The van der Waals surface area contributed by atoms with Gasteiger partial charge in [-0.1, -0.05) is 49.8 Å². The summed E-state index contributed by atoms with van der Waals surface area (Å²) in [5.41, 5.74) is 3.03. The van der Waals surface area contributed by atoms with Crippen LogP contribution < -0.4 is 10.1 Å². The van der Waals surface area contributed by atoms with Crippen molar-refractivity contribution in [3.8, 4) is 16.9 Å². The molecule has 46 heavy (non-hydrogen) atoms. The van der Waals surface area contributed by atoms with Crippen molar-refractivity contribution in [1.29, 1.82) is 0 Å². The Balaban J connectivity index is 1.40. The second-order valence-corrected chi connectivity index (χ2v) is 12.4. The number of aromatic nitrogens is 2. The second-order valence-electron chi connectivity index (χ2n) is 10.5. The summed E-state index contributed by atoms with van der Waals surface area (Å²) < 4.78 is 67.8. The smallest absolute Gasteiger partial charge is 0.416 e. The average Bonchev–Trinajstić information content (AvgIpc) is 3.40. The van der Waals surface area contributed by atoms with Gasteiger partial charge < -0.3 is 19.4 Å². The van der Waals surface area contributed by atoms with Crippen LogP contribution in [0.25, 0.3) is 17.2 Å². The molecule has 0 aliphatic carbocycles. The van der Waals surface area contributed by atoms with Crippen LogP contribution in [0.4, 0.5) is 18.9 Å². The van der Waals surface area contributed by atoms with E-state index in [1.807, 2.05) is 30.5 Å². The van der Waals surface area contributed by atoms with E-state index in [4.69, 9.17) is 21.7 Å². The Morgan fingerprint density at radius 2 is 1.72 bits per heavy atom. The zero-order valence-corrected chi connectivity index (χ0v) is 27.7. The van der Waals surface area contributed by atoms with Gasteiger partial charge in [-0.2, -0.15) is 13.2 Å². The third-order valence-electron chi connectivity index (χ3n) is 7.25. The molecule has 0 spiro atoms. The van der Waals surface area contributed by atoms with E-state index in [2.05, 4.69) is 17.2 Å². The van der Waals surface area contributed by atoms with Crippen LogP contribution in [-0.2, 0) is 34.0 Å². The van der Waals surface area contributed by atoms with Crippen LogP contribution in [-0.4, -0.2) is 38.6 Å². The number of nitrogens with one attached hydrogen (secondary N) is 1. The van der Waals surface area contributed by atoms with Crippen molar-refractivity contribution in [2.45, 2.75) is 57.0 Å². The molecule has 0 amide bonds. The van der Waals surface area contributed by atoms with E-state index < -0.39 is 22.5 Å². The normalized spacial score (nSPS) is 12.4. The van der Waals surface area contributed by atoms with Crippen molar-refractivity contribution in [2.75, 3.05) is 25.1 Å². The maximum atomic E-state index is 13.9. The number of halogens is 3. The van der Waals surface area contributed by atoms with Crippen molar-refractivity contribution in [1.82, 2.24) is 9.55 Å². The van der Waals surface area contributed by atoms with Gasteiger partial charge in [-0.15, -0.1) is 0 Å². The van der Waals surface area contributed by atoms with Gasteiger partial charge in [0, 0.05) is 23.7 Å². The molecular weight excluding hydrogens is 632 g/mol. The highest BCUT2D eigenvalue weighted by molar-refractivity contribution is 7.84. The lowest BCUT2D eigenvalue weighted by atomic mass is 9.98. The molecule has 3 aromatic carbocycles. The lowest BCUT2D eigenvalue weighted by molar-refractivity contribution is -0.137. The van der Waals surface area contributed by atoms with Crippen LogP contribution in [0.5, 0.6) is 5.75 Å². The minimum Gasteiger partial charge on any atom is -0.491 e. The topological polar surface area (TPSA) is 65.4 Å². The van der Waals surface area contributed by atoms with Crippen LogP contribution in [0.15, 0.2) is 84.0 Å². The molecule has 0 radical (unpaired) electrons. The Labute approximate surface area is 276 Å². The average molecular weight is 670 g/mol. The third-order valence-corrected chi connectivity index (χ3v) is 8.82. The monoisotopic (exact) mass is 669 g/mol. The molecule has 0 aliphatic rings. The molecular formula is C35H38F3N3O3S2. The summed E-state index contributed by atoms with van der Waals surface area (Å²) in [6.07, 6.45) is 2.08. The quantitative estimate of drug-likeness (QED) is 0.0775. The van der Waals surface area contributed by atoms with Gasteiger partial charge >= 0.3 is 6.18 Å². The van der Waals surface area contributed by atoms with Gasteiger partial charge in [0.25, 0.3) is 0 Å². The fraction of sp³-hybridized carbons (Fsp3) is 0.314. The molecule has 0 unspecified atom stereocenters. The van der Waals surface area contributed by atoms with Crippen LogP contribution in [0.2, 0.25) is 0 Å². The Morgan fingerprint density at radius 3 is 2.39 bits per heavy atom. The number of thiocarbonyl (C=S) groups is 1. The van der Waals surface area contributed by atoms with Gasteiger partial charge in [-0.3, -0.25) is 4.21 Å². The standard InChI is InChI=1S/C35H38F3N3O3S2/c1-4-6-19-43-20-21-44-30-13-7-26(8-14-30)27-9-17-32(35(36,37)38)28(22-27)10-18-34(45)40-29-11-15-31(16-12-29)46(42)23-33-25(3)39-24-41(33)5-2/h7-18,22,24H,4-6,19-21,23H2,1-3H3,(H,40,45)/b18-10+/t46-/m1/s1. The van der Waals surface area contributed by atoms with E-state index in [0.29, 0.717) is 47.5 Å². The second kappa shape index (κ2) is 16.7. The molecule has 1 heterocycles. The zero-order chi connectivity index (χ0) is 33.1. The molecule has 0 saturated carbocycles. The summed E-state index contributed by atoms with van der Waals surface area (Å²) in [5, 5.41) is 3.02. The van der Waals surface area contributed by atoms with E-state index in [9.17, 15) is 17.4 Å². The lowest BCUT2D eigenvalue weighted by Gasteiger charge is -2.13. The molecule has 1 atom stereocenters. The van der Waals surface area contributed by atoms with E-state index >= 15 is 0 Å². The number of imidazole rings is 1. The lowest BCUT2D eigenvalue weighted by Crippen LogP contribution is -2.09. The Morgan fingerprint density at radius 1 is 1.00 bits per heavy atom. The van der Waals surface area contributed by atoms with Gasteiger partial charge in [0.2, 0.25) is 0 Å². The number of rotatable bonds is 15. The summed E-state index contributed by atoms with van der Waals surface area (Å²) >= 11 is 5.41. The van der Waals surface area contributed by atoms with Gasteiger partial charge in [0.1, 0.15) is 17.3 Å². The Bertz CT molecular complexity index is 1650. The predicted octanol–water partition coefficient (Wildman–Crippen LogP) is 8.85. The van der Waals surface area contributed by atoms with Crippen molar-refractivity contribution in [3.05, 3.63) is 102 Å². The van der Waals surface area contributed by atoms with E-state index in [-0.39, 0.29) is 10.6 Å². The highest BCUT2D eigenvalue weighted by Crippen LogP contribution is 2.35. The van der Waals surface area contributed by atoms with Crippen LogP contribution in [0, 0.1) is 6.92 Å². The number of aryl methyl sites for hydroxylation is 2. The fourth-order valence-corrected chi connectivity index (χ4v) is 6.08. The highest BCUT2D eigenvalue weighted by atomic mass is 32.2. The highest BCUT2D eigenvalue weighted by Gasteiger charge is 2.32. The molecule has 244 valence electrons. The molecule has 4 rings (SSSR count). The number of ether oxygens (including phenoxy) is 2. The molecule has 6 nitrogen and oxygen atoms in total. The molecule has 4 aromatic rings. The van der Waals surface area contributed by atoms with Crippen molar-refractivity contribution in [2.24, 2.45) is 0 Å². The van der Waals surface area contributed by atoms with E-state index in [0.717, 1.165) is 42.4 Å². The first kappa shape index (κ1) is 35.1. The number of nitrogens with zero attached hydrogens (tertiary/aromatic N) is 2. The maximum absolute atomic E-state index is 13.9. The van der Waals surface area contributed by atoms with Gasteiger partial charge in [0.05, 0.1) is 46.4 Å². The largest absolute Gasteiger partial charge is 0.491 e. The van der Waals surface area contributed by atoms with Crippen LogP contribution in [0.3, 0.4) is 0 Å². The minimum atomic E-state index is -4.54. The summed E-state index contributed by atoms with van der Waals surface area (Å²) in [4.78, 5) is 5.19. The van der Waals surface area contributed by atoms with Crippen molar-refractivity contribution in [3.63, 3.8) is 0 Å². The zero-order valence-electron chi connectivity index (χ0n) is 26.1. The number of hydrogen-bond acceptors (Lipinski definition) is 5. The number of benzene rings is 3. The molecule has 11 heteroatoms. The van der Waals surface area contributed by atoms with Gasteiger partial charge in [0.15, 0.2) is 0 Å². The molecule has 1 N–H and O–H groups in total. The van der Waals surface area contributed by atoms with E-state index in [1.165, 1.54) is 24.3 Å². The Hall–Kier alpha value is -3.80. The van der Waals surface area contributed by atoms with Crippen molar-refractivity contribution < 1.29 is 26.9 Å². The third kappa shape index (κ3) is 9.85. The fourth-order valence-electron chi connectivity index (χ4n) is 4.66.